The third-order valence-corrected chi connectivity index (χ3v) is 2.88. The van der Waals surface area contributed by atoms with Gasteiger partial charge >= 0.3 is 0 Å². The van der Waals surface area contributed by atoms with Crippen molar-refractivity contribution >= 4 is 5.69 Å². The second-order valence-electron chi connectivity index (χ2n) is 4.35. The average molecular weight is 245 g/mol. The van der Waals surface area contributed by atoms with Crippen LogP contribution in [0.5, 0.6) is 5.88 Å². The molecule has 2 aromatic rings. The van der Waals surface area contributed by atoms with E-state index < -0.39 is 0 Å². The van der Waals surface area contributed by atoms with Gasteiger partial charge in [0.1, 0.15) is 6.61 Å². The number of aryl methyl sites for hydroxylation is 2. The van der Waals surface area contributed by atoms with Crippen LogP contribution in [0.25, 0.3) is 0 Å². The topological polar surface area (TPSA) is 53.1 Å². The molecule has 2 N–H and O–H groups in total. The molecule has 0 aliphatic heterocycles. The summed E-state index contributed by atoms with van der Waals surface area (Å²) in [4.78, 5) is 0. The lowest BCUT2D eigenvalue weighted by Crippen LogP contribution is -2.05. The average Bonchev–Trinajstić information content (AvgIpc) is 2.75. The lowest BCUT2D eigenvalue weighted by molar-refractivity contribution is 0.290. The van der Waals surface area contributed by atoms with Crippen LogP contribution in [0, 0.1) is 0 Å². The molecule has 18 heavy (non-hydrogen) atoms. The molecule has 0 bridgehead atoms. The Hall–Kier alpha value is -1.97. The summed E-state index contributed by atoms with van der Waals surface area (Å²) < 4.78 is 7.39. The Kier molecular flexibility index (Phi) is 3.87. The molecule has 0 aliphatic rings. The molecule has 0 spiro atoms. The molecule has 0 amide bonds. The zero-order valence-corrected chi connectivity index (χ0v) is 10.9. The largest absolute Gasteiger partial charge is 0.472 e. The zero-order chi connectivity index (χ0) is 13.0. The summed E-state index contributed by atoms with van der Waals surface area (Å²) >= 11 is 0. The Bertz CT molecular complexity index is 520. The van der Waals surface area contributed by atoms with Gasteiger partial charge in [-0.3, -0.25) is 4.68 Å². The van der Waals surface area contributed by atoms with Crippen molar-refractivity contribution in [1.82, 2.24) is 9.78 Å². The van der Waals surface area contributed by atoms with Gasteiger partial charge in [-0.15, -0.1) is 5.10 Å². The quantitative estimate of drug-likeness (QED) is 0.823. The molecule has 1 aromatic heterocycles. The molecule has 4 nitrogen and oxygen atoms in total. The molecule has 0 atom stereocenters. The molecule has 0 aliphatic carbocycles. The molecule has 2 rings (SSSR count). The highest BCUT2D eigenvalue weighted by Crippen LogP contribution is 2.20. The van der Waals surface area contributed by atoms with Crippen LogP contribution in [0.15, 0.2) is 30.5 Å². The summed E-state index contributed by atoms with van der Waals surface area (Å²) in [5, 5.41) is 4.18. The van der Waals surface area contributed by atoms with Gasteiger partial charge in [0, 0.05) is 30.6 Å². The number of hydrogen-bond donors (Lipinski definition) is 1. The Labute approximate surface area is 107 Å². The minimum absolute atomic E-state index is 0.471. The third-order valence-electron chi connectivity index (χ3n) is 2.88. The van der Waals surface area contributed by atoms with E-state index in [1.165, 1.54) is 5.56 Å². The summed E-state index contributed by atoms with van der Waals surface area (Å²) in [6.45, 7) is 2.63. The van der Waals surface area contributed by atoms with E-state index in [0.717, 1.165) is 24.1 Å². The van der Waals surface area contributed by atoms with E-state index in [-0.39, 0.29) is 0 Å². The fraction of sp³-hybridized carbons (Fsp3) is 0.357. The van der Waals surface area contributed by atoms with Crippen LogP contribution in [0.1, 0.15) is 24.5 Å². The summed E-state index contributed by atoms with van der Waals surface area (Å²) in [6, 6.07) is 7.86. The Morgan fingerprint density at radius 2 is 2.17 bits per heavy atom. The Balaban J connectivity index is 2.12. The van der Waals surface area contributed by atoms with Gasteiger partial charge in [0.15, 0.2) is 0 Å². The highest BCUT2D eigenvalue weighted by Gasteiger charge is 2.07. The van der Waals surface area contributed by atoms with E-state index in [2.05, 4.69) is 18.1 Å². The van der Waals surface area contributed by atoms with Crippen molar-refractivity contribution in [3.8, 4) is 5.88 Å². The van der Waals surface area contributed by atoms with E-state index in [4.69, 9.17) is 10.5 Å². The van der Waals surface area contributed by atoms with Crippen LogP contribution >= 0.6 is 0 Å². The standard InChI is InChI=1S/C14H19N3O/c1-3-5-11-6-4-7-13(15)12(11)10-18-14-8-9-17(2)16-14/h4,6-9H,3,5,10,15H2,1-2H3. The second-order valence-corrected chi connectivity index (χ2v) is 4.35. The number of nitrogen functional groups attached to an aromatic ring is 1. The summed E-state index contributed by atoms with van der Waals surface area (Å²) in [5.41, 5.74) is 9.14. The summed E-state index contributed by atoms with van der Waals surface area (Å²) in [6.07, 6.45) is 3.97. The monoisotopic (exact) mass is 245 g/mol. The number of nitrogens with zero attached hydrogens (tertiary/aromatic N) is 2. The first-order chi connectivity index (χ1) is 8.70. The van der Waals surface area contributed by atoms with Gasteiger partial charge in [-0.1, -0.05) is 25.5 Å². The number of ether oxygens (including phenoxy) is 1. The van der Waals surface area contributed by atoms with Gasteiger partial charge in [-0.25, -0.2) is 0 Å². The van der Waals surface area contributed by atoms with Gasteiger partial charge < -0.3 is 10.5 Å². The number of hydrogen-bond acceptors (Lipinski definition) is 3. The van der Waals surface area contributed by atoms with Crippen molar-refractivity contribution in [2.45, 2.75) is 26.4 Å². The van der Waals surface area contributed by atoms with Crippen molar-refractivity contribution in [2.75, 3.05) is 5.73 Å². The second kappa shape index (κ2) is 5.58. The highest BCUT2D eigenvalue weighted by molar-refractivity contribution is 5.50. The first-order valence-electron chi connectivity index (χ1n) is 6.19. The normalized spacial score (nSPS) is 10.6. The van der Waals surface area contributed by atoms with E-state index >= 15 is 0 Å². The van der Waals surface area contributed by atoms with Crippen LogP contribution in [0.3, 0.4) is 0 Å². The third kappa shape index (κ3) is 2.83. The van der Waals surface area contributed by atoms with Crippen molar-refractivity contribution in [3.05, 3.63) is 41.6 Å². The SMILES string of the molecule is CCCc1cccc(N)c1COc1ccn(C)n1. The lowest BCUT2D eigenvalue weighted by atomic mass is 10.0. The molecule has 96 valence electrons. The fourth-order valence-corrected chi connectivity index (χ4v) is 1.95. The van der Waals surface area contributed by atoms with E-state index in [1.54, 1.807) is 4.68 Å². The molecule has 0 saturated heterocycles. The van der Waals surface area contributed by atoms with Crippen LogP contribution in [0.2, 0.25) is 0 Å². The van der Waals surface area contributed by atoms with Gasteiger partial charge in [0.05, 0.1) is 0 Å². The number of rotatable bonds is 5. The molecular formula is C14H19N3O. The molecule has 0 radical (unpaired) electrons. The number of nitrogens with two attached hydrogens (primary N) is 1. The van der Waals surface area contributed by atoms with Crippen molar-refractivity contribution in [1.29, 1.82) is 0 Å². The number of aromatic nitrogens is 2. The van der Waals surface area contributed by atoms with Crippen LogP contribution in [-0.4, -0.2) is 9.78 Å². The zero-order valence-electron chi connectivity index (χ0n) is 10.9. The Morgan fingerprint density at radius 3 is 2.83 bits per heavy atom. The predicted octanol–water partition coefficient (Wildman–Crippen LogP) is 2.53. The minimum Gasteiger partial charge on any atom is -0.472 e. The summed E-state index contributed by atoms with van der Waals surface area (Å²) in [5.74, 6) is 0.628. The molecule has 0 fully saturated rings. The van der Waals surface area contributed by atoms with Crippen molar-refractivity contribution < 1.29 is 4.74 Å². The van der Waals surface area contributed by atoms with Gasteiger partial charge in [-0.05, 0) is 18.1 Å². The predicted molar refractivity (Wildman–Crippen MR) is 72.4 cm³/mol. The summed E-state index contributed by atoms with van der Waals surface area (Å²) in [7, 11) is 1.87. The van der Waals surface area contributed by atoms with E-state index in [9.17, 15) is 0 Å². The maximum atomic E-state index is 6.02. The number of benzene rings is 1. The van der Waals surface area contributed by atoms with Gasteiger partial charge in [-0.2, -0.15) is 0 Å². The first-order valence-corrected chi connectivity index (χ1v) is 6.19. The fourth-order valence-electron chi connectivity index (χ4n) is 1.95. The van der Waals surface area contributed by atoms with Crippen molar-refractivity contribution in [2.24, 2.45) is 7.05 Å². The number of anilines is 1. The van der Waals surface area contributed by atoms with Crippen LogP contribution < -0.4 is 10.5 Å². The van der Waals surface area contributed by atoms with Gasteiger partial charge in [0.25, 0.3) is 0 Å². The smallest absolute Gasteiger partial charge is 0.233 e. The van der Waals surface area contributed by atoms with E-state index in [0.29, 0.717) is 12.5 Å². The molecule has 0 unspecified atom stereocenters. The highest BCUT2D eigenvalue weighted by atomic mass is 16.5. The maximum absolute atomic E-state index is 6.02. The minimum atomic E-state index is 0.471. The van der Waals surface area contributed by atoms with Crippen molar-refractivity contribution in [3.63, 3.8) is 0 Å². The lowest BCUT2D eigenvalue weighted by Gasteiger charge is -2.11. The van der Waals surface area contributed by atoms with Crippen LogP contribution in [0.4, 0.5) is 5.69 Å². The van der Waals surface area contributed by atoms with Crippen LogP contribution in [-0.2, 0) is 20.1 Å². The first kappa shape index (κ1) is 12.5. The maximum Gasteiger partial charge on any atom is 0.233 e. The molecule has 4 heteroatoms. The molecular weight excluding hydrogens is 226 g/mol. The Morgan fingerprint density at radius 1 is 1.33 bits per heavy atom. The molecule has 0 saturated carbocycles. The molecule has 1 aromatic carbocycles. The van der Waals surface area contributed by atoms with E-state index in [1.807, 2.05) is 31.4 Å². The van der Waals surface area contributed by atoms with Gasteiger partial charge in [0.2, 0.25) is 5.88 Å². The molecule has 1 heterocycles.